The van der Waals surface area contributed by atoms with Gasteiger partial charge in [0.1, 0.15) is 11.5 Å². The van der Waals surface area contributed by atoms with Crippen LogP contribution in [0.5, 0.6) is 11.5 Å². The molecule has 3 rings (SSSR count). The second-order valence-electron chi connectivity index (χ2n) is 4.98. The molecule has 2 aromatic rings. The Morgan fingerprint density at radius 2 is 1.67 bits per heavy atom. The van der Waals surface area contributed by atoms with E-state index in [4.69, 9.17) is 4.74 Å². The number of nitrogens with one attached hydrogen (secondary N) is 1. The van der Waals surface area contributed by atoms with Gasteiger partial charge in [0.05, 0.1) is 0 Å². The summed E-state index contributed by atoms with van der Waals surface area (Å²) in [6.07, 6.45) is 3.37. The van der Waals surface area contributed by atoms with Crippen LogP contribution >= 0.6 is 12.4 Å². The summed E-state index contributed by atoms with van der Waals surface area (Å²) < 4.78 is 6.06. The summed E-state index contributed by atoms with van der Waals surface area (Å²) in [5, 5.41) is 3.48. The largest absolute Gasteiger partial charge is 0.456 e. The van der Waals surface area contributed by atoms with Crippen molar-refractivity contribution in [2.24, 2.45) is 0 Å². The van der Waals surface area contributed by atoms with Crippen LogP contribution in [-0.4, -0.2) is 13.1 Å². The summed E-state index contributed by atoms with van der Waals surface area (Å²) in [6.45, 7) is 4.07. The number of fused-ring (bicyclic) bond motifs is 2. The predicted octanol–water partition coefficient (Wildman–Crippen LogP) is 4.75. The minimum atomic E-state index is 0. The molecule has 110 valence electrons. The van der Waals surface area contributed by atoms with Gasteiger partial charge < -0.3 is 10.1 Å². The van der Waals surface area contributed by atoms with Crippen LogP contribution in [-0.2, 0) is 0 Å². The molecular formula is C18H20ClNO. The van der Waals surface area contributed by atoms with Gasteiger partial charge in [0.15, 0.2) is 0 Å². The molecular weight excluding hydrogens is 282 g/mol. The van der Waals surface area contributed by atoms with E-state index in [0.717, 1.165) is 36.6 Å². The zero-order chi connectivity index (χ0) is 13.8. The van der Waals surface area contributed by atoms with Crippen molar-refractivity contribution >= 4 is 24.1 Å². The summed E-state index contributed by atoms with van der Waals surface area (Å²) in [4.78, 5) is 0. The van der Waals surface area contributed by atoms with Crippen molar-refractivity contribution in [1.29, 1.82) is 0 Å². The van der Waals surface area contributed by atoms with E-state index in [0.29, 0.717) is 0 Å². The van der Waals surface area contributed by atoms with Gasteiger partial charge in [-0.15, -0.1) is 12.4 Å². The molecule has 0 fully saturated rings. The van der Waals surface area contributed by atoms with Crippen molar-refractivity contribution in [2.75, 3.05) is 13.1 Å². The van der Waals surface area contributed by atoms with Crippen LogP contribution in [0.4, 0.5) is 0 Å². The summed E-state index contributed by atoms with van der Waals surface area (Å²) in [6, 6.07) is 16.4. The summed E-state index contributed by atoms with van der Waals surface area (Å²) in [5.41, 5.74) is 3.59. The second-order valence-corrected chi connectivity index (χ2v) is 4.98. The van der Waals surface area contributed by atoms with Gasteiger partial charge in [0.2, 0.25) is 0 Å². The highest BCUT2D eigenvalue weighted by Gasteiger charge is 2.15. The van der Waals surface area contributed by atoms with Crippen LogP contribution in [0.25, 0.3) is 11.6 Å². The molecule has 0 saturated carbocycles. The highest BCUT2D eigenvalue weighted by molar-refractivity contribution is 5.88. The number of hydrogen-bond acceptors (Lipinski definition) is 2. The van der Waals surface area contributed by atoms with Crippen molar-refractivity contribution < 1.29 is 4.74 Å². The molecule has 0 aliphatic carbocycles. The molecule has 1 aliphatic rings. The molecule has 0 unspecified atom stereocenters. The molecule has 0 radical (unpaired) electrons. The predicted molar refractivity (Wildman–Crippen MR) is 91.2 cm³/mol. The SMILES string of the molecule is CCCNCC1=Cc2ccccc2Oc2ccccc21.Cl. The van der Waals surface area contributed by atoms with E-state index >= 15 is 0 Å². The van der Waals surface area contributed by atoms with E-state index in [9.17, 15) is 0 Å². The zero-order valence-electron chi connectivity index (χ0n) is 12.1. The molecule has 0 bridgehead atoms. The van der Waals surface area contributed by atoms with E-state index in [1.165, 1.54) is 11.1 Å². The van der Waals surface area contributed by atoms with Crippen LogP contribution in [0.3, 0.4) is 0 Å². The number of hydrogen-bond donors (Lipinski definition) is 1. The van der Waals surface area contributed by atoms with Gasteiger partial charge in [0.25, 0.3) is 0 Å². The third-order valence-electron chi connectivity index (χ3n) is 3.44. The average molecular weight is 302 g/mol. The van der Waals surface area contributed by atoms with Crippen LogP contribution in [0.15, 0.2) is 48.5 Å². The van der Waals surface area contributed by atoms with Gasteiger partial charge in [-0.05, 0) is 36.7 Å². The Bertz CT molecular complexity index is 637. The Morgan fingerprint density at radius 1 is 0.952 bits per heavy atom. The van der Waals surface area contributed by atoms with Crippen molar-refractivity contribution in [2.45, 2.75) is 13.3 Å². The first-order valence-corrected chi connectivity index (χ1v) is 7.16. The minimum absolute atomic E-state index is 0. The second kappa shape index (κ2) is 7.30. The third kappa shape index (κ3) is 3.46. The van der Waals surface area contributed by atoms with Crippen LogP contribution in [0.1, 0.15) is 24.5 Å². The van der Waals surface area contributed by atoms with Crippen LogP contribution in [0.2, 0.25) is 0 Å². The minimum Gasteiger partial charge on any atom is -0.456 e. The van der Waals surface area contributed by atoms with E-state index in [1.54, 1.807) is 0 Å². The molecule has 3 heteroatoms. The quantitative estimate of drug-likeness (QED) is 0.823. The lowest BCUT2D eigenvalue weighted by Gasteiger charge is -2.11. The zero-order valence-corrected chi connectivity index (χ0v) is 13.0. The lowest BCUT2D eigenvalue weighted by molar-refractivity contribution is 0.481. The van der Waals surface area contributed by atoms with E-state index in [2.05, 4.69) is 36.5 Å². The van der Waals surface area contributed by atoms with Crippen LogP contribution < -0.4 is 10.1 Å². The first-order valence-electron chi connectivity index (χ1n) is 7.16. The highest BCUT2D eigenvalue weighted by atomic mass is 35.5. The lowest BCUT2D eigenvalue weighted by atomic mass is 10.0. The Kier molecular flexibility index (Phi) is 5.43. The molecule has 1 heterocycles. The maximum absolute atomic E-state index is 6.06. The number of rotatable bonds is 4. The van der Waals surface area contributed by atoms with Crippen LogP contribution in [0, 0.1) is 0 Å². The summed E-state index contributed by atoms with van der Waals surface area (Å²) >= 11 is 0. The molecule has 1 aliphatic heterocycles. The number of para-hydroxylation sites is 2. The van der Waals surface area contributed by atoms with Crippen molar-refractivity contribution in [3.8, 4) is 11.5 Å². The van der Waals surface area contributed by atoms with Crippen molar-refractivity contribution in [1.82, 2.24) is 5.32 Å². The fourth-order valence-corrected chi connectivity index (χ4v) is 2.44. The molecule has 0 aromatic heterocycles. The standard InChI is InChI=1S/C18H19NO.ClH/c1-2-11-19-13-15-12-14-7-3-5-9-17(14)20-18-10-6-4-8-16(15)18;/h3-10,12,19H,2,11,13H2,1H3;1H. The summed E-state index contributed by atoms with van der Waals surface area (Å²) in [7, 11) is 0. The Balaban J connectivity index is 0.00000161. The fraction of sp³-hybridized carbons (Fsp3) is 0.222. The Morgan fingerprint density at radius 3 is 2.48 bits per heavy atom. The number of benzene rings is 2. The first-order chi connectivity index (χ1) is 9.88. The number of ether oxygens (including phenoxy) is 1. The van der Waals surface area contributed by atoms with Crippen molar-refractivity contribution in [3.63, 3.8) is 0 Å². The molecule has 2 nitrogen and oxygen atoms in total. The molecule has 0 spiro atoms. The monoisotopic (exact) mass is 301 g/mol. The molecule has 0 amide bonds. The van der Waals surface area contributed by atoms with E-state index < -0.39 is 0 Å². The lowest BCUT2D eigenvalue weighted by Crippen LogP contribution is -2.17. The molecule has 0 atom stereocenters. The smallest absolute Gasteiger partial charge is 0.135 e. The van der Waals surface area contributed by atoms with Gasteiger partial charge in [-0.3, -0.25) is 0 Å². The fourth-order valence-electron chi connectivity index (χ4n) is 2.44. The molecule has 2 aromatic carbocycles. The van der Waals surface area contributed by atoms with Crippen molar-refractivity contribution in [3.05, 3.63) is 59.7 Å². The molecule has 21 heavy (non-hydrogen) atoms. The average Bonchev–Trinajstić information content (AvgIpc) is 2.64. The Labute approximate surface area is 132 Å². The maximum Gasteiger partial charge on any atom is 0.135 e. The topological polar surface area (TPSA) is 21.3 Å². The van der Waals surface area contributed by atoms with Gasteiger partial charge >= 0.3 is 0 Å². The Hall–Kier alpha value is -1.77. The molecule has 1 N–H and O–H groups in total. The third-order valence-corrected chi connectivity index (χ3v) is 3.44. The van der Waals surface area contributed by atoms with Gasteiger partial charge in [-0.25, -0.2) is 0 Å². The van der Waals surface area contributed by atoms with E-state index in [1.807, 2.05) is 30.3 Å². The first kappa shape index (κ1) is 15.6. The highest BCUT2D eigenvalue weighted by Crippen LogP contribution is 2.37. The van der Waals surface area contributed by atoms with Gasteiger partial charge in [-0.2, -0.15) is 0 Å². The van der Waals surface area contributed by atoms with E-state index in [-0.39, 0.29) is 12.4 Å². The summed E-state index contributed by atoms with van der Waals surface area (Å²) in [5.74, 6) is 1.85. The molecule has 0 saturated heterocycles. The maximum atomic E-state index is 6.06. The normalized spacial score (nSPS) is 12.1. The van der Waals surface area contributed by atoms with Gasteiger partial charge in [0, 0.05) is 17.7 Å². The van der Waals surface area contributed by atoms with Gasteiger partial charge in [-0.1, -0.05) is 43.3 Å². The number of halogens is 1.